The summed E-state index contributed by atoms with van der Waals surface area (Å²) in [5.74, 6) is 0.561. The normalized spacial score (nSPS) is 10.8. The van der Waals surface area contributed by atoms with E-state index in [0.717, 1.165) is 17.5 Å². The molecule has 0 unspecified atom stereocenters. The topological polar surface area (TPSA) is 111 Å². The molecule has 162 valence electrons. The lowest BCUT2D eigenvalue weighted by Gasteiger charge is -2.08. The molecular weight excluding hydrogens is 428 g/mol. The predicted molar refractivity (Wildman–Crippen MR) is 115 cm³/mol. The van der Waals surface area contributed by atoms with Gasteiger partial charge in [-0.25, -0.2) is 13.2 Å². The van der Waals surface area contributed by atoms with Crippen LogP contribution in [0.5, 0.6) is 5.75 Å². The summed E-state index contributed by atoms with van der Waals surface area (Å²) < 4.78 is 37.1. The van der Waals surface area contributed by atoms with E-state index >= 15 is 0 Å². The summed E-state index contributed by atoms with van der Waals surface area (Å²) in [6.07, 6.45) is -0.323. The summed E-state index contributed by atoms with van der Waals surface area (Å²) in [4.78, 5) is 23.6. The van der Waals surface area contributed by atoms with Crippen molar-refractivity contribution < 1.29 is 27.5 Å². The molecule has 0 saturated heterocycles. The van der Waals surface area contributed by atoms with Crippen molar-refractivity contribution in [1.82, 2.24) is 10.0 Å². The number of hydrogen-bond donors (Lipinski definition) is 2. The number of alkyl carbamates (subject to hydrolysis) is 1. The third-order valence-electron chi connectivity index (χ3n) is 3.87. The van der Waals surface area contributed by atoms with Gasteiger partial charge in [-0.2, -0.15) is 0 Å². The molecule has 0 heterocycles. The number of hydrogen-bond acceptors (Lipinski definition) is 7. The second-order valence-corrected chi connectivity index (χ2v) is 9.15. The van der Waals surface area contributed by atoms with E-state index in [1.807, 2.05) is 30.3 Å². The number of benzene rings is 2. The Kier molecular flexibility index (Phi) is 9.49. The molecule has 0 spiro atoms. The highest BCUT2D eigenvalue weighted by Crippen LogP contribution is 2.17. The minimum atomic E-state index is -3.39. The van der Waals surface area contributed by atoms with Gasteiger partial charge in [-0.05, 0) is 36.2 Å². The zero-order valence-electron chi connectivity index (χ0n) is 16.5. The Hall–Kier alpha value is -2.72. The molecule has 2 rings (SSSR count). The van der Waals surface area contributed by atoms with Crippen LogP contribution >= 0.6 is 11.9 Å². The fraction of sp³-hybridized carbons (Fsp3) is 0.300. The van der Waals surface area contributed by atoms with Crippen LogP contribution in [-0.2, 0) is 26.0 Å². The van der Waals surface area contributed by atoms with E-state index in [0.29, 0.717) is 17.9 Å². The summed E-state index contributed by atoms with van der Waals surface area (Å²) in [6.45, 7) is -0.115. The van der Waals surface area contributed by atoms with Gasteiger partial charge in [0.05, 0.1) is 17.8 Å². The number of methoxy groups -OCH3 is 1. The first-order valence-corrected chi connectivity index (χ1v) is 11.8. The van der Waals surface area contributed by atoms with Crippen LogP contribution in [0.25, 0.3) is 0 Å². The Bertz CT molecular complexity index is 918. The SMILES string of the molecule is COc1ccc(S(=O)(=O)CCCSNC(=O)CNC(=O)OCc2ccccc2)cc1. The lowest BCUT2D eigenvalue weighted by atomic mass is 10.2. The molecule has 0 aliphatic carbocycles. The van der Waals surface area contributed by atoms with Crippen molar-refractivity contribution in [3.63, 3.8) is 0 Å². The molecule has 2 N–H and O–H groups in total. The quantitative estimate of drug-likeness (QED) is 0.398. The number of carbonyl (C=O) groups is 2. The van der Waals surface area contributed by atoms with E-state index in [1.165, 1.54) is 19.2 Å². The van der Waals surface area contributed by atoms with E-state index < -0.39 is 21.8 Å². The van der Waals surface area contributed by atoms with Crippen LogP contribution in [0, 0.1) is 0 Å². The van der Waals surface area contributed by atoms with Gasteiger partial charge in [0.2, 0.25) is 5.91 Å². The molecule has 10 heteroatoms. The largest absolute Gasteiger partial charge is 0.497 e. The van der Waals surface area contributed by atoms with Crippen LogP contribution in [0.2, 0.25) is 0 Å². The van der Waals surface area contributed by atoms with E-state index in [4.69, 9.17) is 9.47 Å². The Morgan fingerprint density at radius 2 is 1.73 bits per heavy atom. The standard InChI is InChI=1S/C20H24N2O6S2/c1-27-17-8-10-18(11-9-17)30(25,26)13-5-12-29-22-19(23)14-21-20(24)28-15-16-6-3-2-4-7-16/h2-4,6-11H,5,12-15H2,1H3,(H,21,24)(H,22,23). The summed E-state index contributed by atoms with van der Waals surface area (Å²) in [6, 6.07) is 15.4. The minimum Gasteiger partial charge on any atom is -0.497 e. The third kappa shape index (κ3) is 8.34. The molecule has 0 aliphatic rings. The highest BCUT2D eigenvalue weighted by atomic mass is 32.2. The lowest BCUT2D eigenvalue weighted by molar-refractivity contribution is -0.118. The first-order valence-electron chi connectivity index (χ1n) is 9.13. The monoisotopic (exact) mass is 452 g/mol. The maximum absolute atomic E-state index is 12.3. The lowest BCUT2D eigenvalue weighted by Crippen LogP contribution is -2.34. The molecule has 0 radical (unpaired) electrons. The van der Waals surface area contributed by atoms with Gasteiger partial charge in [0.25, 0.3) is 0 Å². The molecule has 0 aromatic heterocycles. The second kappa shape index (κ2) is 12.1. The Balaban J connectivity index is 1.58. The zero-order valence-corrected chi connectivity index (χ0v) is 18.1. The summed E-state index contributed by atoms with van der Waals surface area (Å²) >= 11 is 1.09. The number of carbonyl (C=O) groups excluding carboxylic acids is 2. The summed E-state index contributed by atoms with van der Waals surface area (Å²) in [5.41, 5.74) is 0.845. The maximum atomic E-state index is 12.3. The van der Waals surface area contributed by atoms with Crippen LogP contribution in [0.1, 0.15) is 12.0 Å². The van der Waals surface area contributed by atoms with Gasteiger partial charge in [0.15, 0.2) is 9.84 Å². The molecule has 30 heavy (non-hydrogen) atoms. The third-order valence-corrected chi connectivity index (χ3v) is 6.55. The van der Waals surface area contributed by atoms with E-state index in [1.54, 1.807) is 12.1 Å². The number of sulfone groups is 1. The van der Waals surface area contributed by atoms with Gasteiger partial charge >= 0.3 is 6.09 Å². The van der Waals surface area contributed by atoms with Gasteiger partial charge in [-0.3, -0.25) is 9.52 Å². The van der Waals surface area contributed by atoms with Crippen LogP contribution in [0.3, 0.4) is 0 Å². The van der Waals surface area contributed by atoms with Crippen LogP contribution < -0.4 is 14.8 Å². The average molecular weight is 453 g/mol. The molecule has 8 nitrogen and oxygen atoms in total. The molecule has 0 aliphatic heterocycles. The smallest absolute Gasteiger partial charge is 0.407 e. The van der Waals surface area contributed by atoms with Crippen molar-refractivity contribution in [2.75, 3.05) is 25.2 Å². The second-order valence-electron chi connectivity index (χ2n) is 6.14. The fourth-order valence-electron chi connectivity index (χ4n) is 2.32. The zero-order chi connectivity index (χ0) is 21.8. The highest BCUT2D eigenvalue weighted by Gasteiger charge is 2.14. The first kappa shape index (κ1) is 23.6. The van der Waals surface area contributed by atoms with Crippen molar-refractivity contribution in [3.05, 3.63) is 60.2 Å². The van der Waals surface area contributed by atoms with Gasteiger partial charge < -0.3 is 14.8 Å². The van der Waals surface area contributed by atoms with Crippen molar-refractivity contribution in [1.29, 1.82) is 0 Å². The van der Waals surface area contributed by atoms with Crippen molar-refractivity contribution in [2.24, 2.45) is 0 Å². The minimum absolute atomic E-state index is 0.0355. The molecular formula is C20H24N2O6S2. The van der Waals surface area contributed by atoms with Crippen LogP contribution in [0.4, 0.5) is 4.79 Å². The average Bonchev–Trinajstić information content (AvgIpc) is 2.76. The molecule has 0 fully saturated rings. The van der Waals surface area contributed by atoms with Crippen LogP contribution in [-0.4, -0.2) is 45.6 Å². The predicted octanol–water partition coefficient (Wildman–Crippen LogP) is 2.55. The van der Waals surface area contributed by atoms with E-state index in [-0.39, 0.29) is 23.8 Å². The van der Waals surface area contributed by atoms with Crippen LogP contribution in [0.15, 0.2) is 59.5 Å². The molecule has 0 atom stereocenters. The number of amides is 2. The number of rotatable bonds is 11. The van der Waals surface area contributed by atoms with Gasteiger partial charge in [0.1, 0.15) is 18.9 Å². The number of ether oxygens (including phenoxy) is 2. The Labute approximate surface area is 180 Å². The highest BCUT2D eigenvalue weighted by molar-refractivity contribution is 7.98. The number of nitrogens with one attached hydrogen (secondary N) is 2. The van der Waals surface area contributed by atoms with Gasteiger partial charge in [-0.15, -0.1) is 0 Å². The van der Waals surface area contributed by atoms with E-state index in [9.17, 15) is 18.0 Å². The molecule has 0 saturated carbocycles. The summed E-state index contributed by atoms with van der Waals surface area (Å²) in [5, 5.41) is 2.36. The van der Waals surface area contributed by atoms with E-state index in [2.05, 4.69) is 10.0 Å². The molecule has 0 bridgehead atoms. The van der Waals surface area contributed by atoms with Gasteiger partial charge in [-0.1, -0.05) is 42.3 Å². The van der Waals surface area contributed by atoms with Crippen molar-refractivity contribution in [3.8, 4) is 5.75 Å². The molecule has 2 amide bonds. The fourth-order valence-corrected chi connectivity index (χ4v) is 4.43. The molecule has 2 aromatic rings. The maximum Gasteiger partial charge on any atom is 0.407 e. The van der Waals surface area contributed by atoms with Crippen molar-refractivity contribution in [2.45, 2.75) is 17.9 Å². The Morgan fingerprint density at radius 1 is 1.03 bits per heavy atom. The summed E-state index contributed by atoms with van der Waals surface area (Å²) in [7, 11) is -1.88. The van der Waals surface area contributed by atoms with Crippen molar-refractivity contribution >= 4 is 33.8 Å². The first-order chi connectivity index (χ1) is 14.4. The Morgan fingerprint density at radius 3 is 2.40 bits per heavy atom. The van der Waals surface area contributed by atoms with Gasteiger partial charge in [0, 0.05) is 5.75 Å². The molecule has 2 aromatic carbocycles.